The molecule has 0 spiro atoms. The SMILES string of the molecule is CNC(C)(CN(CC(C)C)C1CCCC1)C(=O)OC. The number of nitrogens with zero attached hydrogens (tertiary/aromatic N) is 1. The molecule has 0 aromatic rings. The molecule has 0 heterocycles. The standard InChI is InChI=1S/C15H30N2O2/c1-12(2)10-17(13-8-6-7-9-13)11-15(3,16-4)14(18)19-5/h12-13,16H,6-11H2,1-5H3. The zero-order chi connectivity index (χ0) is 14.5. The molecular formula is C15H30N2O2. The van der Waals surface area contributed by atoms with Crippen molar-refractivity contribution in [3.05, 3.63) is 0 Å². The predicted molar refractivity (Wildman–Crippen MR) is 78.1 cm³/mol. The third-order valence-electron chi connectivity index (χ3n) is 4.15. The Morgan fingerprint density at radius 1 is 1.42 bits per heavy atom. The Morgan fingerprint density at radius 2 is 2.00 bits per heavy atom. The van der Waals surface area contributed by atoms with Crippen LogP contribution in [0.5, 0.6) is 0 Å². The van der Waals surface area contributed by atoms with Crippen LogP contribution in [0.2, 0.25) is 0 Å². The predicted octanol–water partition coefficient (Wildman–Crippen LogP) is 2.04. The summed E-state index contributed by atoms with van der Waals surface area (Å²) in [6.45, 7) is 8.16. The van der Waals surface area contributed by atoms with E-state index in [0.29, 0.717) is 12.0 Å². The van der Waals surface area contributed by atoms with Crippen molar-refractivity contribution in [2.75, 3.05) is 27.2 Å². The van der Waals surface area contributed by atoms with Gasteiger partial charge in [-0.2, -0.15) is 0 Å². The lowest BCUT2D eigenvalue weighted by atomic mass is 9.99. The number of esters is 1. The molecule has 1 atom stereocenters. The molecule has 0 radical (unpaired) electrons. The van der Waals surface area contributed by atoms with E-state index in [1.165, 1.54) is 32.8 Å². The Labute approximate surface area is 117 Å². The van der Waals surface area contributed by atoms with E-state index in [4.69, 9.17) is 4.74 Å². The van der Waals surface area contributed by atoms with Crippen LogP contribution < -0.4 is 5.32 Å². The van der Waals surface area contributed by atoms with Gasteiger partial charge in [-0.15, -0.1) is 0 Å². The molecule has 1 rings (SSSR count). The molecule has 112 valence electrons. The molecule has 0 aliphatic heterocycles. The lowest BCUT2D eigenvalue weighted by Crippen LogP contribution is -2.58. The highest BCUT2D eigenvalue weighted by atomic mass is 16.5. The first kappa shape index (κ1) is 16.4. The Kier molecular flexibility index (Phi) is 6.27. The monoisotopic (exact) mass is 270 g/mol. The zero-order valence-electron chi connectivity index (χ0n) is 13.2. The minimum absolute atomic E-state index is 0.179. The summed E-state index contributed by atoms with van der Waals surface area (Å²) in [6.07, 6.45) is 5.14. The first-order valence-electron chi connectivity index (χ1n) is 7.44. The van der Waals surface area contributed by atoms with Gasteiger partial charge in [0.25, 0.3) is 0 Å². The van der Waals surface area contributed by atoms with Crippen LogP contribution in [-0.4, -0.2) is 49.7 Å². The first-order chi connectivity index (χ1) is 8.92. The lowest BCUT2D eigenvalue weighted by Gasteiger charge is -2.37. The summed E-state index contributed by atoms with van der Waals surface area (Å²) in [5.41, 5.74) is -0.619. The van der Waals surface area contributed by atoms with Gasteiger partial charge in [0.05, 0.1) is 7.11 Å². The second-order valence-electron chi connectivity index (χ2n) is 6.34. The van der Waals surface area contributed by atoms with Gasteiger partial charge in [-0.05, 0) is 32.7 Å². The van der Waals surface area contributed by atoms with E-state index in [1.54, 1.807) is 0 Å². The fourth-order valence-electron chi connectivity index (χ4n) is 2.96. The van der Waals surface area contributed by atoms with E-state index >= 15 is 0 Å². The third-order valence-corrected chi connectivity index (χ3v) is 4.15. The number of ether oxygens (including phenoxy) is 1. The molecule has 0 bridgehead atoms. The van der Waals surface area contributed by atoms with Gasteiger partial charge in [0.15, 0.2) is 0 Å². The van der Waals surface area contributed by atoms with Crippen LogP contribution in [0.1, 0.15) is 46.5 Å². The number of carbonyl (C=O) groups excluding carboxylic acids is 1. The van der Waals surface area contributed by atoms with Crippen molar-refractivity contribution in [1.29, 1.82) is 0 Å². The summed E-state index contributed by atoms with van der Waals surface area (Å²) in [4.78, 5) is 14.5. The normalized spacial score (nSPS) is 19.9. The van der Waals surface area contributed by atoms with Crippen molar-refractivity contribution in [1.82, 2.24) is 10.2 Å². The van der Waals surface area contributed by atoms with E-state index in [1.807, 2.05) is 14.0 Å². The van der Waals surface area contributed by atoms with Crippen molar-refractivity contribution in [3.63, 3.8) is 0 Å². The molecule has 1 N–H and O–H groups in total. The molecule has 0 saturated heterocycles. The van der Waals surface area contributed by atoms with Gasteiger partial charge in [-0.1, -0.05) is 26.7 Å². The minimum atomic E-state index is -0.619. The van der Waals surface area contributed by atoms with E-state index in [0.717, 1.165) is 13.1 Å². The minimum Gasteiger partial charge on any atom is -0.468 e. The van der Waals surface area contributed by atoms with E-state index in [2.05, 4.69) is 24.1 Å². The maximum absolute atomic E-state index is 12.0. The maximum atomic E-state index is 12.0. The van der Waals surface area contributed by atoms with Crippen LogP contribution in [0, 0.1) is 5.92 Å². The number of carbonyl (C=O) groups is 1. The Morgan fingerprint density at radius 3 is 2.42 bits per heavy atom. The largest absolute Gasteiger partial charge is 0.468 e. The summed E-state index contributed by atoms with van der Waals surface area (Å²) in [5, 5.41) is 3.14. The van der Waals surface area contributed by atoms with Gasteiger partial charge in [0.2, 0.25) is 0 Å². The molecular weight excluding hydrogens is 240 g/mol. The van der Waals surface area contributed by atoms with Crippen LogP contribution in [-0.2, 0) is 9.53 Å². The summed E-state index contributed by atoms with van der Waals surface area (Å²) in [6, 6.07) is 0.625. The first-order valence-corrected chi connectivity index (χ1v) is 7.44. The summed E-state index contributed by atoms with van der Waals surface area (Å²) in [7, 11) is 3.29. The molecule has 0 amide bonds. The van der Waals surface area contributed by atoms with E-state index < -0.39 is 5.54 Å². The van der Waals surface area contributed by atoms with Gasteiger partial charge < -0.3 is 10.1 Å². The van der Waals surface area contributed by atoms with E-state index in [9.17, 15) is 4.79 Å². The number of rotatable bonds is 7. The lowest BCUT2D eigenvalue weighted by molar-refractivity contribution is -0.148. The molecule has 19 heavy (non-hydrogen) atoms. The fourth-order valence-corrected chi connectivity index (χ4v) is 2.96. The van der Waals surface area contributed by atoms with Crippen LogP contribution in [0.25, 0.3) is 0 Å². The zero-order valence-corrected chi connectivity index (χ0v) is 13.2. The number of nitrogens with one attached hydrogen (secondary N) is 1. The van der Waals surface area contributed by atoms with Crippen molar-refractivity contribution >= 4 is 5.97 Å². The fraction of sp³-hybridized carbons (Fsp3) is 0.933. The van der Waals surface area contributed by atoms with Gasteiger partial charge in [-0.25, -0.2) is 0 Å². The van der Waals surface area contributed by atoms with Gasteiger partial charge in [0.1, 0.15) is 5.54 Å². The average molecular weight is 270 g/mol. The highest BCUT2D eigenvalue weighted by Gasteiger charge is 2.37. The van der Waals surface area contributed by atoms with Crippen molar-refractivity contribution < 1.29 is 9.53 Å². The number of hydrogen-bond donors (Lipinski definition) is 1. The molecule has 1 unspecified atom stereocenters. The van der Waals surface area contributed by atoms with Crippen molar-refractivity contribution in [2.24, 2.45) is 5.92 Å². The maximum Gasteiger partial charge on any atom is 0.327 e. The molecule has 1 aliphatic carbocycles. The van der Waals surface area contributed by atoms with E-state index in [-0.39, 0.29) is 5.97 Å². The molecule has 0 aromatic heterocycles. The average Bonchev–Trinajstić information content (AvgIpc) is 2.90. The molecule has 1 fully saturated rings. The van der Waals surface area contributed by atoms with Crippen molar-refractivity contribution in [3.8, 4) is 0 Å². The van der Waals surface area contributed by atoms with Gasteiger partial charge in [-0.3, -0.25) is 9.69 Å². The molecule has 4 heteroatoms. The van der Waals surface area contributed by atoms with Crippen LogP contribution >= 0.6 is 0 Å². The second kappa shape index (κ2) is 7.25. The number of hydrogen-bond acceptors (Lipinski definition) is 4. The van der Waals surface area contributed by atoms with Crippen LogP contribution in [0.4, 0.5) is 0 Å². The van der Waals surface area contributed by atoms with Crippen LogP contribution in [0.3, 0.4) is 0 Å². The summed E-state index contributed by atoms with van der Waals surface area (Å²) in [5.74, 6) is 0.432. The topological polar surface area (TPSA) is 41.6 Å². The van der Waals surface area contributed by atoms with Crippen molar-refractivity contribution in [2.45, 2.75) is 58.0 Å². The highest BCUT2D eigenvalue weighted by Crippen LogP contribution is 2.26. The molecule has 1 aliphatic rings. The highest BCUT2D eigenvalue weighted by molar-refractivity contribution is 5.80. The summed E-state index contributed by atoms with van der Waals surface area (Å²) >= 11 is 0. The second-order valence-corrected chi connectivity index (χ2v) is 6.34. The number of likely N-dealkylation sites (N-methyl/N-ethyl adjacent to an activating group) is 1. The third kappa shape index (κ3) is 4.46. The summed E-state index contributed by atoms with van der Waals surface area (Å²) < 4.78 is 4.95. The Hall–Kier alpha value is -0.610. The number of methoxy groups -OCH3 is 1. The quantitative estimate of drug-likeness (QED) is 0.719. The smallest absolute Gasteiger partial charge is 0.327 e. The Balaban J connectivity index is 2.76. The van der Waals surface area contributed by atoms with Gasteiger partial charge >= 0.3 is 5.97 Å². The van der Waals surface area contributed by atoms with Crippen LogP contribution in [0.15, 0.2) is 0 Å². The Bertz CT molecular complexity index is 288. The van der Waals surface area contributed by atoms with Gasteiger partial charge in [0, 0.05) is 19.1 Å². The molecule has 1 saturated carbocycles. The molecule has 4 nitrogen and oxygen atoms in total. The molecule has 0 aromatic carbocycles.